The SMILES string of the molecule is Cc1o[n+]#cc1[N+](=O)[O-]. The molecule has 0 aliphatic carbocycles. The molecule has 46 valence electrons. The second-order valence-electron chi connectivity index (χ2n) is 1.46. The van der Waals surface area contributed by atoms with E-state index in [1.54, 1.807) is 0 Å². The first kappa shape index (κ1) is 5.56. The lowest BCUT2D eigenvalue weighted by Gasteiger charge is -1.74. The van der Waals surface area contributed by atoms with Crippen molar-refractivity contribution in [2.75, 3.05) is 0 Å². The molecule has 0 aliphatic rings. The zero-order chi connectivity index (χ0) is 6.85. The van der Waals surface area contributed by atoms with E-state index in [1.165, 1.54) is 6.92 Å². The Bertz CT molecular complexity index is 229. The van der Waals surface area contributed by atoms with Crippen molar-refractivity contribution in [3.05, 3.63) is 22.1 Å². The lowest BCUT2D eigenvalue weighted by molar-refractivity contribution is -0.548. The van der Waals surface area contributed by atoms with E-state index in [0.29, 0.717) is 0 Å². The predicted molar refractivity (Wildman–Crippen MR) is 24.5 cm³/mol. The van der Waals surface area contributed by atoms with Crippen molar-refractivity contribution in [3.63, 3.8) is 0 Å². The Morgan fingerprint density at radius 3 is 2.78 bits per heavy atom. The number of hydrogen-bond donors (Lipinski definition) is 0. The van der Waals surface area contributed by atoms with Gasteiger partial charge in [-0.2, -0.15) is 0 Å². The second-order valence-corrected chi connectivity index (χ2v) is 1.46. The number of nitrogens with zero attached hydrogens (tertiary/aromatic N) is 2. The van der Waals surface area contributed by atoms with Crippen LogP contribution in [0.2, 0.25) is 0 Å². The van der Waals surface area contributed by atoms with Gasteiger partial charge in [-0.1, -0.05) is 0 Å². The van der Waals surface area contributed by atoms with Gasteiger partial charge in [-0.3, -0.25) is 10.1 Å². The molecule has 1 aromatic heterocycles. The van der Waals surface area contributed by atoms with Crippen molar-refractivity contribution < 1.29 is 14.6 Å². The second kappa shape index (κ2) is 1.74. The van der Waals surface area contributed by atoms with Gasteiger partial charge >= 0.3 is 11.9 Å². The molecular weight excluding hydrogens is 124 g/mol. The topological polar surface area (TPSA) is 70.4 Å². The first-order chi connectivity index (χ1) is 4.22. The van der Waals surface area contributed by atoms with Gasteiger partial charge in [0.25, 0.3) is 5.76 Å². The molecule has 0 bridgehead atoms. The van der Waals surface area contributed by atoms with Crippen molar-refractivity contribution in [1.82, 2.24) is 0 Å². The van der Waals surface area contributed by atoms with Crippen LogP contribution in [0.25, 0.3) is 0 Å². The molecule has 0 spiro atoms. The average molecular weight is 127 g/mol. The quantitative estimate of drug-likeness (QED) is 0.390. The van der Waals surface area contributed by atoms with Crippen molar-refractivity contribution in [2.45, 2.75) is 6.92 Å². The fraction of sp³-hybridized carbons (Fsp3) is 0.250. The van der Waals surface area contributed by atoms with Crippen LogP contribution in [-0.4, -0.2) is 4.92 Å². The van der Waals surface area contributed by atoms with E-state index in [0.717, 1.165) is 0 Å². The molecule has 0 aliphatic heterocycles. The standard InChI is InChI=1S/C4H3N2O3/c1-3-4(6(7)8)2-5-9-3/h1H3/q+1. The summed E-state index contributed by atoms with van der Waals surface area (Å²) in [6.07, 6.45) is 2.09. The van der Waals surface area contributed by atoms with Crippen LogP contribution in [0.1, 0.15) is 5.76 Å². The summed E-state index contributed by atoms with van der Waals surface area (Å²) in [4.78, 5) is 9.37. The summed E-state index contributed by atoms with van der Waals surface area (Å²) in [7, 11) is 0. The smallest absolute Gasteiger partial charge is 0.257 e. The third kappa shape index (κ3) is 0.817. The molecule has 0 unspecified atom stereocenters. The van der Waals surface area contributed by atoms with E-state index in [-0.39, 0.29) is 11.4 Å². The molecule has 1 rings (SSSR count). The van der Waals surface area contributed by atoms with Crippen LogP contribution in [0.15, 0.2) is 4.52 Å². The average Bonchev–Trinajstić information content (AvgIpc) is 2.13. The molecule has 0 N–H and O–H groups in total. The zero-order valence-corrected chi connectivity index (χ0v) is 4.62. The minimum atomic E-state index is -0.591. The summed E-state index contributed by atoms with van der Waals surface area (Å²) in [6, 6.07) is 0. The molecule has 0 radical (unpaired) electrons. The number of rotatable bonds is 1. The van der Waals surface area contributed by atoms with Crippen LogP contribution in [0.4, 0.5) is 5.69 Å². The van der Waals surface area contributed by atoms with Gasteiger partial charge in [-0.15, -0.1) is 4.52 Å². The van der Waals surface area contributed by atoms with E-state index in [1.807, 2.05) is 0 Å². The highest BCUT2D eigenvalue weighted by Gasteiger charge is 2.21. The van der Waals surface area contributed by atoms with Crippen molar-refractivity contribution in [3.8, 4) is 0 Å². The highest BCUT2D eigenvalue weighted by atomic mass is 16.6. The van der Waals surface area contributed by atoms with E-state index in [4.69, 9.17) is 0 Å². The van der Waals surface area contributed by atoms with Gasteiger partial charge in [-0.25, -0.2) is 0 Å². The number of nitro groups is 1. The van der Waals surface area contributed by atoms with Gasteiger partial charge in [0.05, 0.1) is 4.92 Å². The monoisotopic (exact) mass is 127 g/mol. The maximum atomic E-state index is 9.96. The lowest BCUT2D eigenvalue weighted by atomic mass is 10.4. The number of aryl methyl sites for hydroxylation is 1. The fourth-order valence-electron chi connectivity index (χ4n) is 0.426. The summed E-state index contributed by atoms with van der Waals surface area (Å²) in [5, 5.41) is 13.1. The zero-order valence-electron chi connectivity index (χ0n) is 4.62. The lowest BCUT2D eigenvalue weighted by Crippen LogP contribution is -1.85. The van der Waals surface area contributed by atoms with Crippen LogP contribution >= 0.6 is 0 Å². The van der Waals surface area contributed by atoms with Gasteiger partial charge < -0.3 is 0 Å². The molecule has 5 nitrogen and oxygen atoms in total. The van der Waals surface area contributed by atoms with Gasteiger partial charge in [-0.05, 0) is 0 Å². The molecule has 5 heteroatoms. The Balaban J connectivity index is 3.08. The Hall–Kier alpha value is -1.57. The van der Waals surface area contributed by atoms with Gasteiger partial charge in [0.15, 0.2) is 0 Å². The molecule has 0 amide bonds. The van der Waals surface area contributed by atoms with E-state index in [9.17, 15) is 10.1 Å². The van der Waals surface area contributed by atoms with Gasteiger partial charge in [0.2, 0.25) is 5.16 Å². The first-order valence-corrected chi connectivity index (χ1v) is 2.20. The highest BCUT2D eigenvalue weighted by Crippen LogP contribution is 2.09. The number of hydrogen-bond acceptors (Lipinski definition) is 3. The predicted octanol–water partition coefficient (Wildman–Crippen LogP) is -0.104. The Labute approximate surface area is 50.4 Å². The minimum absolute atomic E-state index is 0.181. The highest BCUT2D eigenvalue weighted by molar-refractivity contribution is 5.23. The minimum Gasteiger partial charge on any atom is -0.257 e. The fourth-order valence-corrected chi connectivity index (χ4v) is 0.426. The van der Waals surface area contributed by atoms with Crippen LogP contribution in [0.3, 0.4) is 0 Å². The summed E-state index contributed by atoms with van der Waals surface area (Å²) in [5.74, 6) is 0.181. The van der Waals surface area contributed by atoms with Crippen LogP contribution in [0, 0.1) is 23.2 Å². The summed E-state index contributed by atoms with van der Waals surface area (Å²) in [5.41, 5.74) is -0.199. The summed E-state index contributed by atoms with van der Waals surface area (Å²) < 4.78 is 4.38. The molecule has 0 saturated heterocycles. The third-order valence-electron chi connectivity index (χ3n) is 0.850. The molecule has 1 aromatic rings. The summed E-state index contributed by atoms with van der Waals surface area (Å²) in [6.45, 7) is 1.46. The number of aromatic nitrogens is 1. The largest absolute Gasteiger partial charge is 0.470 e. The molecule has 0 aromatic carbocycles. The molecular formula is C4H3N2O3+. The van der Waals surface area contributed by atoms with Gasteiger partial charge in [0.1, 0.15) is 0 Å². The molecule has 0 atom stereocenters. The van der Waals surface area contributed by atoms with Crippen molar-refractivity contribution in [1.29, 1.82) is 0 Å². The van der Waals surface area contributed by atoms with Crippen LogP contribution < -0.4 is 5.16 Å². The molecule has 1 heterocycles. The van der Waals surface area contributed by atoms with Crippen molar-refractivity contribution in [2.24, 2.45) is 0 Å². The van der Waals surface area contributed by atoms with E-state index in [2.05, 4.69) is 15.9 Å². The maximum absolute atomic E-state index is 9.96. The Morgan fingerprint density at radius 2 is 2.56 bits per heavy atom. The van der Waals surface area contributed by atoms with E-state index >= 15 is 0 Å². The van der Waals surface area contributed by atoms with Crippen LogP contribution in [-0.2, 0) is 0 Å². The van der Waals surface area contributed by atoms with Crippen molar-refractivity contribution >= 4 is 5.69 Å². The third-order valence-corrected chi connectivity index (χ3v) is 0.850. The van der Waals surface area contributed by atoms with E-state index < -0.39 is 4.92 Å². The summed E-state index contributed by atoms with van der Waals surface area (Å²) >= 11 is 0. The normalized spacial score (nSPS) is 8.56. The molecule has 0 fully saturated rings. The maximum Gasteiger partial charge on any atom is 0.470 e. The van der Waals surface area contributed by atoms with Gasteiger partial charge in [0, 0.05) is 6.92 Å². The molecule has 0 saturated carbocycles. The Kier molecular flexibility index (Phi) is 1.08. The first-order valence-electron chi connectivity index (χ1n) is 2.20. The molecule has 9 heavy (non-hydrogen) atoms. The van der Waals surface area contributed by atoms with Crippen LogP contribution in [0.5, 0.6) is 0 Å². The Morgan fingerprint density at radius 1 is 1.89 bits per heavy atom.